The summed E-state index contributed by atoms with van der Waals surface area (Å²) in [7, 11) is 0. The Bertz CT molecular complexity index is 514. The number of nitrogen functional groups attached to an aromatic ring is 1. The molecule has 1 atom stereocenters. The van der Waals surface area contributed by atoms with E-state index in [9.17, 15) is 0 Å². The van der Waals surface area contributed by atoms with Crippen molar-refractivity contribution in [2.45, 2.75) is 13.0 Å². The molecule has 0 aliphatic heterocycles. The number of nitrogens with one attached hydrogen (secondary N) is 1. The molecule has 0 radical (unpaired) electrons. The highest BCUT2D eigenvalue weighted by atomic mass is 35.5. The van der Waals surface area contributed by atoms with Crippen LogP contribution >= 0.6 is 11.6 Å². The summed E-state index contributed by atoms with van der Waals surface area (Å²) in [6.45, 7) is 2.04. The maximum atomic E-state index is 6.14. The standard InChI is InChI=1S/C13H14ClN3/c1-9(10-4-2-3-5-11(10)14)17-13-6-7-16-8-12(13)15/h2-9H,15H2,1H3,(H,16,17). The second kappa shape index (κ2) is 5.06. The first kappa shape index (κ1) is 11.7. The van der Waals surface area contributed by atoms with Crippen LogP contribution in [-0.2, 0) is 0 Å². The van der Waals surface area contributed by atoms with Crippen LogP contribution in [0.1, 0.15) is 18.5 Å². The molecule has 1 unspecified atom stereocenters. The Balaban J connectivity index is 2.20. The van der Waals surface area contributed by atoms with E-state index in [1.54, 1.807) is 12.4 Å². The van der Waals surface area contributed by atoms with E-state index in [0.29, 0.717) is 5.69 Å². The highest BCUT2D eigenvalue weighted by molar-refractivity contribution is 6.31. The molecule has 3 nitrogen and oxygen atoms in total. The Hall–Kier alpha value is -1.74. The van der Waals surface area contributed by atoms with Gasteiger partial charge in [-0.05, 0) is 24.6 Å². The second-order valence-electron chi connectivity index (χ2n) is 3.85. The fourth-order valence-corrected chi connectivity index (χ4v) is 1.97. The number of nitrogens with zero attached hydrogens (tertiary/aromatic N) is 1. The fraction of sp³-hybridized carbons (Fsp3) is 0.154. The van der Waals surface area contributed by atoms with Crippen LogP contribution in [0.15, 0.2) is 42.7 Å². The van der Waals surface area contributed by atoms with Gasteiger partial charge in [0.15, 0.2) is 0 Å². The van der Waals surface area contributed by atoms with Gasteiger partial charge in [0, 0.05) is 11.2 Å². The number of hydrogen-bond acceptors (Lipinski definition) is 3. The van der Waals surface area contributed by atoms with E-state index in [1.165, 1.54) is 0 Å². The minimum absolute atomic E-state index is 0.0911. The van der Waals surface area contributed by atoms with Crippen LogP contribution < -0.4 is 11.1 Å². The maximum Gasteiger partial charge on any atom is 0.0736 e. The molecule has 3 N–H and O–H groups in total. The molecule has 2 rings (SSSR count). The Labute approximate surface area is 106 Å². The summed E-state index contributed by atoms with van der Waals surface area (Å²) in [6, 6.07) is 9.70. The van der Waals surface area contributed by atoms with Gasteiger partial charge in [-0.3, -0.25) is 4.98 Å². The molecule has 0 aliphatic carbocycles. The van der Waals surface area contributed by atoms with Crippen LogP contribution in [-0.4, -0.2) is 4.98 Å². The first-order valence-corrected chi connectivity index (χ1v) is 5.76. The average Bonchev–Trinajstić information content (AvgIpc) is 2.32. The van der Waals surface area contributed by atoms with Gasteiger partial charge in [0.2, 0.25) is 0 Å². The minimum atomic E-state index is 0.0911. The van der Waals surface area contributed by atoms with Crippen molar-refractivity contribution in [1.82, 2.24) is 4.98 Å². The van der Waals surface area contributed by atoms with Gasteiger partial charge in [-0.1, -0.05) is 29.8 Å². The van der Waals surface area contributed by atoms with Gasteiger partial charge in [-0.15, -0.1) is 0 Å². The number of benzene rings is 1. The van der Waals surface area contributed by atoms with Crippen LogP contribution in [0.25, 0.3) is 0 Å². The van der Waals surface area contributed by atoms with Crippen molar-refractivity contribution in [2.75, 3.05) is 11.1 Å². The lowest BCUT2D eigenvalue weighted by atomic mass is 10.1. The zero-order chi connectivity index (χ0) is 12.3. The third-order valence-corrected chi connectivity index (χ3v) is 2.94. The molecule has 88 valence electrons. The SMILES string of the molecule is CC(Nc1ccncc1N)c1ccccc1Cl. The fourth-order valence-electron chi connectivity index (χ4n) is 1.68. The van der Waals surface area contributed by atoms with Crippen molar-refractivity contribution >= 4 is 23.0 Å². The van der Waals surface area contributed by atoms with Crippen molar-refractivity contribution < 1.29 is 0 Å². The first-order valence-electron chi connectivity index (χ1n) is 5.39. The maximum absolute atomic E-state index is 6.14. The third kappa shape index (κ3) is 2.68. The van der Waals surface area contributed by atoms with Crippen LogP contribution in [0.5, 0.6) is 0 Å². The number of aromatic nitrogens is 1. The molecule has 0 aliphatic rings. The van der Waals surface area contributed by atoms with Crippen LogP contribution in [0.4, 0.5) is 11.4 Å². The van der Waals surface area contributed by atoms with E-state index < -0.39 is 0 Å². The number of halogens is 1. The molecule has 2 aromatic rings. The Morgan fingerprint density at radius 1 is 1.29 bits per heavy atom. The van der Waals surface area contributed by atoms with Crippen molar-refractivity contribution in [3.8, 4) is 0 Å². The normalized spacial score (nSPS) is 12.1. The third-order valence-electron chi connectivity index (χ3n) is 2.60. The molecule has 0 saturated heterocycles. The Kier molecular flexibility index (Phi) is 3.49. The summed E-state index contributed by atoms with van der Waals surface area (Å²) in [6.07, 6.45) is 3.33. The predicted octanol–water partition coefficient (Wildman–Crippen LogP) is 3.49. The molecule has 4 heteroatoms. The van der Waals surface area contributed by atoms with Gasteiger partial charge in [0.05, 0.1) is 23.6 Å². The first-order chi connectivity index (χ1) is 8.18. The molecule has 0 bridgehead atoms. The molecule has 1 aromatic heterocycles. The lowest BCUT2D eigenvalue weighted by Crippen LogP contribution is -2.08. The van der Waals surface area contributed by atoms with Gasteiger partial charge >= 0.3 is 0 Å². The van der Waals surface area contributed by atoms with E-state index >= 15 is 0 Å². The van der Waals surface area contributed by atoms with Gasteiger partial charge in [-0.2, -0.15) is 0 Å². The largest absolute Gasteiger partial charge is 0.396 e. The summed E-state index contributed by atoms with van der Waals surface area (Å²) >= 11 is 6.14. The Morgan fingerprint density at radius 3 is 2.76 bits per heavy atom. The zero-order valence-corrected chi connectivity index (χ0v) is 10.3. The second-order valence-corrected chi connectivity index (χ2v) is 4.26. The van der Waals surface area contributed by atoms with E-state index in [0.717, 1.165) is 16.3 Å². The van der Waals surface area contributed by atoms with E-state index in [-0.39, 0.29) is 6.04 Å². The van der Waals surface area contributed by atoms with Gasteiger partial charge < -0.3 is 11.1 Å². The van der Waals surface area contributed by atoms with Crippen LogP contribution in [0, 0.1) is 0 Å². The van der Waals surface area contributed by atoms with E-state index in [2.05, 4.69) is 10.3 Å². The number of hydrogen-bond donors (Lipinski definition) is 2. The van der Waals surface area contributed by atoms with E-state index in [4.69, 9.17) is 17.3 Å². The van der Waals surface area contributed by atoms with Crippen molar-refractivity contribution in [2.24, 2.45) is 0 Å². The molecule has 0 spiro atoms. The van der Waals surface area contributed by atoms with E-state index in [1.807, 2.05) is 37.3 Å². The molecule has 0 fully saturated rings. The molecule has 0 amide bonds. The molecular weight excluding hydrogens is 234 g/mol. The summed E-state index contributed by atoms with van der Waals surface area (Å²) in [5, 5.41) is 4.07. The van der Waals surface area contributed by atoms with Crippen LogP contribution in [0.3, 0.4) is 0 Å². The predicted molar refractivity (Wildman–Crippen MR) is 72.1 cm³/mol. The number of anilines is 2. The number of rotatable bonds is 3. The van der Waals surface area contributed by atoms with Crippen molar-refractivity contribution in [3.05, 3.63) is 53.3 Å². The van der Waals surface area contributed by atoms with Crippen molar-refractivity contribution in [1.29, 1.82) is 0 Å². The summed E-state index contributed by atoms with van der Waals surface area (Å²) in [4.78, 5) is 3.95. The minimum Gasteiger partial charge on any atom is -0.396 e. The summed E-state index contributed by atoms with van der Waals surface area (Å²) in [5.41, 5.74) is 8.37. The smallest absolute Gasteiger partial charge is 0.0736 e. The lowest BCUT2D eigenvalue weighted by Gasteiger charge is -2.17. The molecule has 1 heterocycles. The molecular formula is C13H14ClN3. The summed E-state index contributed by atoms with van der Waals surface area (Å²) in [5.74, 6) is 0. The summed E-state index contributed by atoms with van der Waals surface area (Å²) < 4.78 is 0. The number of nitrogens with two attached hydrogens (primary N) is 1. The lowest BCUT2D eigenvalue weighted by molar-refractivity contribution is 0.885. The zero-order valence-electron chi connectivity index (χ0n) is 9.52. The van der Waals surface area contributed by atoms with Gasteiger partial charge in [0.25, 0.3) is 0 Å². The number of pyridine rings is 1. The van der Waals surface area contributed by atoms with Crippen LogP contribution in [0.2, 0.25) is 5.02 Å². The monoisotopic (exact) mass is 247 g/mol. The molecule has 0 saturated carbocycles. The van der Waals surface area contributed by atoms with Crippen molar-refractivity contribution in [3.63, 3.8) is 0 Å². The highest BCUT2D eigenvalue weighted by Crippen LogP contribution is 2.27. The Morgan fingerprint density at radius 2 is 2.06 bits per heavy atom. The van der Waals surface area contributed by atoms with Gasteiger partial charge in [0.1, 0.15) is 0 Å². The quantitative estimate of drug-likeness (QED) is 0.873. The highest BCUT2D eigenvalue weighted by Gasteiger charge is 2.09. The molecule has 1 aromatic carbocycles. The average molecular weight is 248 g/mol. The topological polar surface area (TPSA) is 50.9 Å². The molecule has 17 heavy (non-hydrogen) atoms. The van der Waals surface area contributed by atoms with Gasteiger partial charge in [-0.25, -0.2) is 0 Å².